The lowest BCUT2D eigenvalue weighted by atomic mass is 10.1. The van der Waals surface area contributed by atoms with Crippen LogP contribution in [0.1, 0.15) is 12.8 Å². The van der Waals surface area contributed by atoms with Gasteiger partial charge in [-0.25, -0.2) is 0 Å². The summed E-state index contributed by atoms with van der Waals surface area (Å²) in [6, 6.07) is -0.652. The second-order valence-corrected chi connectivity index (χ2v) is 2.73. The van der Waals surface area contributed by atoms with Gasteiger partial charge in [-0.1, -0.05) is 0 Å². The SMILES string of the molecule is N=C(N)NC(CCCNC=O)C(N)=O. The maximum absolute atomic E-state index is 10.8. The molecule has 7 N–H and O–H groups in total. The van der Waals surface area contributed by atoms with Crippen molar-refractivity contribution >= 4 is 18.3 Å². The van der Waals surface area contributed by atoms with E-state index < -0.39 is 11.9 Å². The van der Waals surface area contributed by atoms with Crippen LogP contribution in [-0.4, -0.2) is 30.9 Å². The molecule has 0 aromatic rings. The fourth-order valence-corrected chi connectivity index (χ4v) is 0.940. The van der Waals surface area contributed by atoms with E-state index in [0.717, 1.165) is 0 Å². The van der Waals surface area contributed by atoms with Gasteiger partial charge in [0.2, 0.25) is 12.3 Å². The molecule has 0 aliphatic carbocycles. The topological polar surface area (TPSA) is 134 Å². The van der Waals surface area contributed by atoms with Crippen LogP contribution in [0.5, 0.6) is 0 Å². The molecule has 0 aliphatic rings. The van der Waals surface area contributed by atoms with E-state index in [1.54, 1.807) is 0 Å². The third-order valence-electron chi connectivity index (χ3n) is 1.57. The van der Waals surface area contributed by atoms with E-state index in [-0.39, 0.29) is 5.96 Å². The Hall–Kier alpha value is -1.79. The van der Waals surface area contributed by atoms with Crippen LogP contribution in [0.4, 0.5) is 0 Å². The molecule has 0 rings (SSSR count). The predicted octanol–water partition coefficient (Wildman–Crippen LogP) is -2.15. The van der Waals surface area contributed by atoms with E-state index in [1.165, 1.54) is 0 Å². The lowest BCUT2D eigenvalue weighted by molar-refractivity contribution is -0.119. The molecule has 0 saturated heterocycles. The van der Waals surface area contributed by atoms with Crippen molar-refractivity contribution in [1.82, 2.24) is 10.6 Å². The number of carbonyl (C=O) groups is 2. The fraction of sp³-hybridized carbons (Fsp3) is 0.571. The number of nitrogens with one attached hydrogen (secondary N) is 3. The molecule has 1 unspecified atom stereocenters. The summed E-state index contributed by atoms with van der Waals surface area (Å²) in [7, 11) is 0. The highest BCUT2D eigenvalue weighted by Crippen LogP contribution is 1.94. The Kier molecular flexibility index (Phi) is 5.84. The Bertz CT molecular complexity index is 218. The minimum absolute atomic E-state index is 0.294. The molecule has 0 fully saturated rings. The van der Waals surface area contributed by atoms with E-state index >= 15 is 0 Å². The van der Waals surface area contributed by atoms with Gasteiger partial charge < -0.3 is 22.1 Å². The minimum Gasteiger partial charge on any atom is -0.370 e. The highest BCUT2D eigenvalue weighted by atomic mass is 16.1. The molecule has 80 valence electrons. The molecule has 7 nitrogen and oxygen atoms in total. The molecule has 0 heterocycles. The van der Waals surface area contributed by atoms with Crippen molar-refractivity contribution in [2.45, 2.75) is 18.9 Å². The Morgan fingerprint density at radius 1 is 1.50 bits per heavy atom. The van der Waals surface area contributed by atoms with E-state index in [9.17, 15) is 9.59 Å². The maximum atomic E-state index is 10.8. The molecule has 0 aromatic heterocycles. The monoisotopic (exact) mass is 201 g/mol. The summed E-state index contributed by atoms with van der Waals surface area (Å²) in [5.74, 6) is -0.858. The van der Waals surface area contributed by atoms with Crippen molar-refractivity contribution in [2.24, 2.45) is 11.5 Å². The zero-order valence-corrected chi connectivity index (χ0v) is 7.75. The van der Waals surface area contributed by atoms with Gasteiger partial charge >= 0.3 is 0 Å². The van der Waals surface area contributed by atoms with E-state index in [1.807, 2.05) is 0 Å². The maximum Gasteiger partial charge on any atom is 0.240 e. The number of rotatable bonds is 7. The quantitative estimate of drug-likeness (QED) is 0.139. The van der Waals surface area contributed by atoms with Crippen molar-refractivity contribution in [3.8, 4) is 0 Å². The molecule has 0 aromatic carbocycles. The first-order chi connectivity index (χ1) is 6.57. The molecule has 0 spiro atoms. The number of primary amides is 1. The predicted molar refractivity (Wildman–Crippen MR) is 51.3 cm³/mol. The van der Waals surface area contributed by atoms with Crippen molar-refractivity contribution < 1.29 is 9.59 Å². The highest BCUT2D eigenvalue weighted by molar-refractivity contribution is 5.85. The summed E-state index contributed by atoms with van der Waals surface area (Å²) in [6.07, 6.45) is 1.60. The van der Waals surface area contributed by atoms with Gasteiger partial charge in [0.25, 0.3) is 0 Å². The van der Waals surface area contributed by atoms with Gasteiger partial charge in [-0.3, -0.25) is 15.0 Å². The number of hydrogen-bond donors (Lipinski definition) is 5. The third-order valence-corrected chi connectivity index (χ3v) is 1.57. The van der Waals surface area contributed by atoms with Crippen LogP contribution >= 0.6 is 0 Å². The van der Waals surface area contributed by atoms with Gasteiger partial charge in [0.05, 0.1) is 0 Å². The normalized spacial score (nSPS) is 11.4. The average Bonchev–Trinajstić information content (AvgIpc) is 2.09. The number of carbonyl (C=O) groups excluding carboxylic acids is 2. The Labute approximate surface area is 81.7 Å². The lowest BCUT2D eigenvalue weighted by Gasteiger charge is -2.14. The summed E-state index contributed by atoms with van der Waals surface area (Å²) in [6.45, 7) is 0.465. The van der Waals surface area contributed by atoms with Crippen LogP contribution in [0.2, 0.25) is 0 Å². The molecular weight excluding hydrogens is 186 g/mol. The second-order valence-electron chi connectivity index (χ2n) is 2.73. The van der Waals surface area contributed by atoms with Crippen LogP contribution in [0.3, 0.4) is 0 Å². The number of nitrogens with two attached hydrogens (primary N) is 2. The van der Waals surface area contributed by atoms with Crippen molar-refractivity contribution in [3.63, 3.8) is 0 Å². The zero-order chi connectivity index (χ0) is 11.0. The summed E-state index contributed by atoms with van der Waals surface area (Å²) in [4.78, 5) is 20.7. The number of amides is 2. The molecule has 2 amide bonds. The van der Waals surface area contributed by atoms with E-state index in [4.69, 9.17) is 16.9 Å². The molecule has 0 saturated carbocycles. The Balaban J connectivity index is 3.79. The van der Waals surface area contributed by atoms with Crippen LogP contribution in [0, 0.1) is 5.41 Å². The van der Waals surface area contributed by atoms with Gasteiger partial charge in [0.1, 0.15) is 6.04 Å². The minimum atomic E-state index is -0.652. The van der Waals surface area contributed by atoms with Gasteiger partial charge in [-0.05, 0) is 12.8 Å². The van der Waals surface area contributed by atoms with Crippen molar-refractivity contribution in [3.05, 3.63) is 0 Å². The summed E-state index contributed by atoms with van der Waals surface area (Å²) in [5.41, 5.74) is 10.1. The summed E-state index contributed by atoms with van der Waals surface area (Å²) < 4.78 is 0. The molecule has 0 radical (unpaired) electrons. The number of hydrogen-bond acceptors (Lipinski definition) is 3. The molecule has 7 heteroatoms. The van der Waals surface area contributed by atoms with Crippen LogP contribution in [-0.2, 0) is 9.59 Å². The van der Waals surface area contributed by atoms with Crippen LogP contribution < -0.4 is 22.1 Å². The van der Waals surface area contributed by atoms with Crippen molar-refractivity contribution in [1.29, 1.82) is 5.41 Å². The summed E-state index contributed by atoms with van der Waals surface area (Å²) in [5, 5.41) is 11.8. The van der Waals surface area contributed by atoms with Gasteiger partial charge in [-0.2, -0.15) is 0 Å². The standard InChI is InChI=1S/C7H15N5O2/c8-6(14)5(12-7(9)10)2-1-3-11-4-13/h4-5H,1-3H2,(H2,8,14)(H,11,13)(H4,9,10,12). The second kappa shape index (κ2) is 6.70. The lowest BCUT2D eigenvalue weighted by Crippen LogP contribution is -2.47. The van der Waals surface area contributed by atoms with Crippen LogP contribution in [0.15, 0.2) is 0 Å². The molecule has 0 aliphatic heterocycles. The first kappa shape index (κ1) is 12.2. The van der Waals surface area contributed by atoms with Crippen molar-refractivity contribution in [2.75, 3.05) is 6.54 Å². The first-order valence-electron chi connectivity index (χ1n) is 4.15. The molecular formula is C7H15N5O2. The van der Waals surface area contributed by atoms with Gasteiger partial charge in [0.15, 0.2) is 5.96 Å². The Morgan fingerprint density at radius 3 is 2.57 bits per heavy atom. The largest absolute Gasteiger partial charge is 0.370 e. The Morgan fingerprint density at radius 2 is 2.14 bits per heavy atom. The number of guanidine groups is 1. The van der Waals surface area contributed by atoms with Crippen LogP contribution in [0.25, 0.3) is 0 Å². The van der Waals surface area contributed by atoms with E-state index in [0.29, 0.717) is 25.8 Å². The highest BCUT2D eigenvalue weighted by Gasteiger charge is 2.14. The molecule has 14 heavy (non-hydrogen) atoms. The third kappa shape index (κ3) is 5.81. The zero-order valence-electron chi connectivity index (χ0n) is 7.75. The average molecular weight is 201 g/mol. The molecule has 0 bridgehead atoms. The van der Waals surface area contributed by atoms with Gasteiger partial charge in [0, 0.05) is 6.54 Å². The van der Waals surface area contributed by atoms with Gasteiger partial charge in [-0.15, -0.1) is 0 Å². The fourth-order valence-electron chi connectivity index (χ4n) is 0.940. The molecule has 1 atom stereocenters. The first-order valence-corrected chi connectivity index (χ1v) is 4.15. The smallest absolute Gasteiger partial charge is 0.240 e. The van der Waals surface area contributed by atoms with E-state index in [2.05, 4.69) is 10.6 Å². The summed E-state index contributed by atoms with van der Waals surface area (Å²) >= 11 is 0.